The zero-order valence-corrected chi connectivity index (χ0v) is 23.3. The van der Waals surface area contributed by atoms with Gasteiger partial charge >= 0.3 is 6.09 Å². The lowest BCUT2D eigenvalue weighted by Crippen LogP contribution is -2.63. The summed E-state index contributed by atoms with van der Waals surface area (Å²) in [6, 6.07) is 18.2. The molecule has 0 bridgehead atoms. The summed E-state index contributed by atoms with van der Waals surface area (Å²) in [6.07, 6.45) is 4.70. The van der Waals surface area contributed by atoms with Crippen LogP contribution in [0.25, 0.3) is 10.9 Å². The van der Waals surface area contributed by atoms with Gasteiger partial charge in [-0.15, -0.1) is 0 Å². The largest absolute Gasteiger partial charge is 0.444 e. The Morgan fingerprint density at radius 2 is 1.82 bits per heavy atom. The quantitative estimate of drug-likeness (QED) is 0.420. The summed E-state index contributed by atoms with van der Waals surface area (Å²) in [5.41, 5.74) is 2.67. The van der Waals surface area contributed by atoms with Crippen LogP contribution in [-0.2, 0) is 22.5 Å². The number of piperidine rings is 1. The van der Waals surface area contributed by atoms with Crippen LogP contribution in [0.5, 0.6) is 0 Å². The number of nitrogens with zero attached hydrogens (tertiary/aromatic N) is 2. The van der Waals surface area contributed by atoms with Crippen LogP contribution in [-0.4, -0.2) is 70.3 Å². The van der Waals surface area contributed by atoms with Crippen molar-refractivity contribution < 1.29 is 14.3 Å². The number of carbonyl (C=O) groups excluding carboxylic acids is 2. The number of alkyl carbamates (subject to hydrolysis) is 1. The summed E-state index contributed by atoms with van der Waals surface area (Å²) < 4.78 is 5.51. The molecule has 3 heterocycles. The molecule has 3 atom stereocenters. The second-order valence-corrected chi connectivity index (χ2v) is 11.9. The Balaban J connectivity index is 1.26. The third-order valence-corrected chi connectivity index (χ3v) is 7.70. The number of benzene rings is 2. The third-order valence-electron chi connectivity index (χ3n) is 7.70. The molecular weight excluding hydrogens is 490 g/mol. The number of nitrogens with one attached hydrogen (secondary N) is 3. The molecule has 39 heavy (non-hydrogen) atoms. The van der Waals surface area contributed by atoms with Gasteiger partial charge in [0.05, 0.1) is 6.67 Å². The van der Waals surface area contributed by atoms with E-state index in [2.05, 4.69) is 55.7 Å². The molecule has 8 nitrogen and oxygen atoms in total. The maximum atomic E-state index is 13.7. The number of ether oxygens (including phenoxy) is 1. The van der Waals surface area contributed by atoms with Crippen molar-refractivity contribution in [2.45, 2.75) is 76.7 Å². The Hall–Kier alpha value is -3.36. The van der Waals surface area contributed by atoms with Crippen molar-refractivity contribution >= 4 is 22.9 Å². The molecule has 2 fully saturated rings. The van der Waals surface area contributed by atoms with E-state index in [1.165, 1.54) is 5.56 Å². The van der Waals surface area contributed by atoms with Crippen molar-refractivity contribution in [3.8, 4) is 0 Å². The maximum Gasteiger partial charge on any atom is 0.408 e. The topological polar surface area (TPSA) is 89.7 Å². The van der Waals surface area contributed by atoms with Crippen LogP contribution in [0.2, 0.25) is 0 Å². The van der Waals surface area contributed by atoms with E-state index in [0.717, 1.165) is 62.0 Å². The minimum Gasteiger partial charge on any atom is -0.444 e. The highest BCUT2D eigenvalue weighted by Crippen LogP contribution is 2.26. The molecule has 3 aromatic rings. The molecule has 8 heteroatoms. The van der Waals surface area contributed by atoms with Gasteiger partial charge in [0, 0.05) is 48.7 Å². The lowest BCUT2D eigenvalue weighted by atomic mass is 9.91. The predicted molar refractivity (Wildman–Crippen MR) is 153 cm³/mol. The zero-order valence-electron chi connectivity index (χ0n) is 23.3. The van der Waals surface area contributed by atoms with Gasteiger partial charge in [-0.05, 0) is 63.8 Å². The molecule has 208 valence electrons. The third kappa shape index (κ3) is 6.99. The second-order valence-electron chi connectivity index (χ2n) is 11.9. The summed E-state index contributed by atoms with van der Waals surface area (Å²) in [5.74, 6) is -0.162. The molecule has 0 saturated carbocycles. The van der Waals surface area contributed by atoms with Crippen LogP contribution in [0, 0.1) is 0 Å². The fraction of sp³-hybridized carbons (Fsp3) is 0.484. The van der Waals surface area contributed by atoms with Crippen molar-refractivity contribution in [2.75, 3.05) is 19.8 Å². The molecule has 3 N–H and O–H groups in total. The van der Waals surface area contributed by atoms with Crippen LogP contribution in [0.4, 0.5) is 4.79 Å². The molecule has 1 unspecified atom stereocenters. The molecule has 5 rings (SSSR count). The van der Waals surface area contributed by atoms with Crippen molar-refractivity contribution in [1.82, 2.24) is 25.4 Å². The van der Waals surface area contributed by atoms with E-state index < -0.39 is 17.7 Å². The first kappa shape index (κ1) is 27.2. The van der Waals surface area contributed by atoms with Gasteiger partial charge in [-0.1, -0.05) is 48.5 Å². The molecule has 2 aliphatic rings. The number of hydrogen-bond acceptors (Lipinski definition) is 5. The Bertz CT molecular complexity index is 1270. The van der Waals surface area contributed by atoms with E-state index in [1.807, 2.05) is 51.2 Å². The summed E-state index contributed by atoms with van der Waals surface area (Å²) in [7, 11) is 0. The first-order valence-corrected chi connectivity index (χ1v) is 14.1. The van der Waals surface area contributed by atoms with Crippen LogP contribution in [0.3, 0.4) is 0 Å². The van der Waals surface area contributed by atoms with Gasteiger partial charge in [-0.2, -0.15) is 0 Å². The van der Waals surface area contributed by atoms with E-state index >= 15 is 0 Å². The van der Waals surface area contributed by atoms with Gasteiger partial charge in [-0.3, -0.25) is 14.6 Å². The molecule has 0 aliphatic carbocycles. The van der Waals surface area contributed by atoms with Crippen LogP contribution < -0.4 is 10.6 Å². The Kier molecular flexibility index (Phi) is 8.23. The van der Waals surface area contributed by atoms with Gasteiger partial charge < -0.3 is 20.4 Å². The zero-order chi connectivity index (χ0) is 27.4. The molecule has 0 radical (unpaired) electrons. The highest BCUT2D eigenvalue weighted by molar-refractivity contribution is 5.88. The number of rotatable bonds is 7. The second kappa shape index (κ2) is 11.8. The van der Waals surface area contributed by atoms with E-state index in [-0.39, 0.29) is 11.9 Å². The average Bonchev–Trinajstić information content (AvgIpc) is 3.30. The fourth-order valence-electron chi connectivity index (χ4n) is 5.93. The van der Waals surface area contributed by atoms with Gasteiger partial charge in [0.2, 0.25) is 5.91 Å². The van der Waals surface area contributed by atoms with Gasteiger partial charge in [0.25, 0.3) is 0 Å². The number of hydrogen-bond donors (Lipinski definition) is 3. The monoisotopic (exact) mass is 531 g/mol. The first-order chi connectivity index (χ1) is 18.7. The highest BCUT2D eigenvalue weighted by atomic mass is 16.6. The van der Waals surface area contributed by atoms with Crippen molar-refractivity contribution in [2.24, 2.45) is 0 Å². The first-order valence-electron chi connectivity index (χ1n) is 14.1. The SMILES string of the molecule is CC(C)(C)OC(=O)NC(Cc1c[nH]c2ccccc12)C(=O)N[C@@H]1CCCN2CN(Cc3ccccc3)CC[C@@H]12. The lowest BCUT2D eigenvalue weighted by Gasteiger charge is -2.48. The standard InChI is InChI=1S/C31H41N5O3/c1-31(2,3)39-30(38)34-27(18-23-19-32-25-13-8-7-12-24(23)25)29(37)33-26-14-9-16-36-21-35(17-15-28(26)36)20-22-10-5-4-6-11-22/h4-8,10-13,19,26-28,32H,9,14-18,20-21H2,1-3H3,(H,33,37)(H,34,38)/t26-,27?,28+/m1/s1. The number of aromatic nitrogens is 1. The van der Waals surface area contributed by atoms with Gasteiger partial charge in [-0.25, -0.2) is 4.79 Å². The van der Waals surface area contributed by atoms with E-state index in [1.54, 1.807) is 0 Å². The van der Waals surface area contributed by atoms with E-state index in [4.69, 9.17) is 4.74 Å². The minimum absolute atomic E-state index is 0.0519. The van der Waals surface area contributed by atoms with Crippen molar-refractivity contribution in [3.05, 3.63) is 71.9 Å². The van der Waals surface area contributed by atoms with Gasteiger partial charge in [0.15, 0.2) is 0 Å². The van der Waals surface area contributed by atoms with Gasteiger partial charge in [0.1, 0.15) is 11.6 Å². The number of aromatic amines is 1. The van der Waals surface area contributed by atoms with Crippen LogP contribution in [0.15, 0.2) is 60.8 Å². The molecule has 0 spiro atoms. The summed E-state index contributed by atoms with van der Waals surface area (Å²) in [4.78, 5) is 34.7. The Morgan fingerprint density at radius 3 is 2.62 bits per heavy atom. The maximum absolute atomic E-state index is 13.7. The van der Waals surface area contributed by atoms with E-state index in [0.29, 0.717) is 12.5 Å². The molecule has 2 aliphatic heterocycles. The number of para-hydroxylation sites is 1. The Morgan fingerprint density at radius 1 is 1.05 bits per heavy atom. The summed E-state index contributed by atoms with van der Waals surface area (Å²) in [5, 5.41) is 7.25. The highest BCUT2D eigenvalue weighted by Gasteiger charge is 2.37. The van der Waals surface area contributed by atoms with Crippen molar-refractivity contribution in [1.29, 1.82) is 0 Å². The van der Waals surface area contributed by atoms with Crippen LogP contribution in [0.1, 0.15) is 51.2 Å². The molecule has 2 saturated heterocycles. The molecule has 2 aromatic carbocycles. The molecular formula is C31H41N5O3. The average molecular weight is 532 g/mol. The normalized spacial score (nSPS) is 21.2. The number of amides is 2. The summed E-state index contributed by atoms with van der Waals surface area (Å²) >= 11 is 0. The minimum atomic E-state index is -0.743. The number of H-pyrrole nitrogens is 1. The molecule has 1 aromatic heterocycles. The Labute approximate surface area is 231 Å². The fourth-order valence-corrected chi connectivity index (χ4v) is 5.93. The summed E-state index contributed by atoms with van der Waals surface area (Å²) in [6.45, 7) is 9.34. The lowest BCUT2D eigenvalue weighted by molar-refractivity contribution is -0.125. The van der Waals surface area contributed by atoms with Crippen molar-refractivity contribution in [3.63, 3.8) is 0 Å². The number of carbonyl (C=O) groups is 2. The smallest absolute Gasteiger partial charge is 0.408 e. The molecule has 2 amide bonds. The predicted octanol–water partition coefficient (Wildman–Crippen LogP) is 4.42. The number of fused-ring (bicyclic) bond motifs is 2. The van der Waals surface area contributed by atoms with E-state index in [9.17, 15) is 9.59 Å². The van der Waals surface area contributed by atoms with Crippen LogP contribution >= 0.6 is 0 Å².